The number of hydrogen-bond donors (Lipinski definition) is 2. The highest BCUT2D eigenvalue weighted by Crippen LogP contribution is 2.15. The molecule has 104 valence electrons. The van der Waals surface area contributed by atoms with Gasteiger partial charge in [-0.05, 0) is 50.0 Å². The molecule has 2 N–H and O–H groups in total. The zero-order valence-corrected chi connectivity index (χ0v) is 12.4. The van der Waals surface area contributed by atoms with Crippen LogP contribution in [-0.4, -0.2) is 28.1 Å². The molecule has 0 radical (unpaired) electrons. The summed E-state index contributed by atoms with van der Waals surface area (Å²) in [5.41, 5.74) is 7.35. The van der Waals surface area contributed by atoms with Crippen LogP contribution in [0.5, 0.6) is 0 Å². The van der Waals surface area contributed by atoms with Crippen molar-refractivity contribution >= 4 is 17.3 Å². The maximum Gasteiger partial charge on any atom is 0.183 e. The molecule has 0 amide bonds. The van der Waals surface area contributed by atoms with Gasteiger partial charge in [0.25, 0.3) is 0 Å². The van der Waals surface area contributed by atoms with Crippen molar-refractivity contribution in [3.63, 3.8) is 0 Å². The number of hydrogen-bond acceptors (Lipinski definition) is 3. The minimum absolute atomic E-state index is 0.128. The van der Waals surface area contributed by atoms with Crippen LogP contribution in [0.1, 0.15) is 38.4 Å². The van der Waals surface area contributed by atoms with Gasteiger partial charge in [-0.15, -0.1) is 0 Å². The van der Waals surface area contributed by atoms with Gasteiger partial charge in [-0.2, -0.15) is 0 Å². The summed E-state index contributed by atoms with van der Waals surface area (Å²) in [7, 11) is 0. The lowest BCUT2D eigenvalue weighted by Crippen LogP contribution is -2.49. The molecule has 5 heteroatoms. The van der Waals surface area contributed by atoms with Crippen LogP contribution in [0.2, 0.25) is 0 Å². The van der Waals surface area contributed by atoms with Crippen molar-refractivity contribution in [3.05, 3.63) is 30.1 Å². The van der Waals surface area contributed by atoms with E-state index in [9.17, 15) is 0 Å². The number of nitrogens with one attached hydrogen (secondary N) is 2. The van der Waals surface area contributed by atoms with Gasteiger partial charge in [-0.1, -0.05) is 13.0 Å². The SMILES string of the molecule is CC1CCN(C(=S)NN[C@H](C)c2ccccn2)CC1. The zero-order valence-electron chi connectivity index (χ0n) is 11.6. The number of piperidine rings is 1. The highest BCUT2D eigenvalue weighted by molar-refractivity contribution is 7.80. The highest BCUT2D eigenvalue weighted by Gasteiger charge is 2.18. The van der Waals surface area contributed by atoms with E-state index in [0.29, 0.717) is 0 Å². The van der Waals surface area contributed by atoms with Crippen LogP contribution in [0, 0.1) is 5.92 Å². The van der Waals surface area contributed by atoms with E-state index in [0.717, 1.165) is 29.8 Å². The van der Waals surface area contributed by atoms with Gasteiger partial charge >= 0.3 is 0 Å². The molecule has 2 rings (SSSR count). The summed E-state index contributed by atoms with van der Waals surface area (Å²) in [5.74, 6) is 0.819. The summed E-state index contributed by atoms with van der Waals surface area (Å²) >= 11 is 5.41. The quantitative estimate of drug-likeness (QED) is 0.655. The Bertz CT molecular complexity index is 401. The zero-order chi connectivity index (χ0) is 13.7. The third kappa shape index (κ3) is 4.14. The molecule has 1 fully saturated rings. The Kier molecular flexibility index (Phi) is 5.10. The van der Waals surface area contributed by atoms with Crippen LogP contribution in [0.15, 0.2) is 24.4 Å². The Morgan fingerprint density at radius 2 is 2.16 bits per heavy atom. The smallest absolute Gasteiger partial charge is 0.183 e. The molecule has 1 aliphatic rings. The summed E-state index contributed by atoms with van der Waals surface area (Å²) in [6.07, 6.45) is 4.24. The second-order valence-electron chi connectivity index (χ2n) is 5.22. The fraction of sp³-hybridized carbons (Fsp3) is 0.571. The van der Waals surface area contributed by atoms with Gasteiger partial charge < -0.3 is 4.90 Å². The van der Waals surface area contributed by atoms with Crippen molar-refractivity contribution in [3.8, 4) is 0 Å². The predicted octanol–water partition coefficient (Wildman–Crippen LogP) is 2.25. The van der Waals surface area contributed by atoms with Gasteiger partial charge in [0.2, 0.25) is 0 Å². The summed E-state index contributed by atoms with van der Waals surface area (Å²) in [6.45, 7) is 6.46. The van der Waals surface area contributed by atoms with Gasteiger partial charge in [-0.3, -0.25) is 10.4 Å². The molecule has 0 bridgehead atoms. The van der Waals surface area contributed by atoms with Crippen LogP contribution in [0.4, 0.5) is 0 Å². The molecular weight excluding hydrogens is 256 g/mol. The van der Waals surface area contributed by atoms with Gasteiger partial charge in [0.1, 0.15) is 0 Å². The van der Waals surface area contributed by atoms with E-state index in [1.54, 1.807) is 6.20 Å². The fourth-order valence-electron chi connectivity index (χ4n) is 2.17. The molecule has 1 atom stereocenters. The van der Waals surface area contributed by atoms with E-state index in [4.69, 9.17) is 12.2 Å². The van der Waals surface area contributed by atoms with E-state index in [1.807, 2.05) is 18.2 Å². The van der Waals surface area contributed by atoms with Crippen LogP contribution in [-0.2, 0) is 0 Å². The molecule has 2 heterocycles. The van der Waals surface area contributed by atoms with E-state index in [2.05, 4.69) is 34.6 Å². The minimum atomic E-state index is 0.128. The summed E-state index contributed by atoms with van der Waals surface area (Å²) in [5, 5.41) is 0.787. The topological polar surface area (TPSA) is 40.2 Å². The van der Waals surface area contributed by atoms with E-state index in [-0.39, 0.29) is 6.04 Å². The molecule has 19 heavy (non-hydrogen) atoms. The Labute approximate surface area is 120 Å². The highest BCUT2D eigenvalue weighted by atomic mass is 32.1. The molecule has 1 aliphatic heterocycles. The average Bonchev–Trinajstić information content (AvgIpc) is 2.46. The number of nitrogens with zero attached hydrogens (tertiary/aromatic N) is 2. The number of likely N-dealkylation sites (tertiary alicyclic amines) is 1. The number of rotatable bonds is 3. The van der Waals surface area contributed by atoms with Crippen LogP contribution in [0.3, 0.4) is 0 Å². The van der Waals surface area contributed by atoms with Crippen molar-refractivity contribution in [2.75, 3.05) is 13.1 Å². The first-order valence-electron chi connectivity index (χ1n) is 6.88. The third-order valence-electron chi connectivity index (χ3n) is 3.60. The molecule has 0 spiro atoms. The normalized spacial score (nSPS) is 18.1. The maximum absolute atomic E-state index is 5.41. The van der Waals surface area contributed by atoms with Crippen LogP contribution >= 0.6 is 12.2 Å². The van der Waals surface area contributed by atoms with Crippen molar-refractivity contribution in [1.29, 1.82) is 0 Å². The van der Waals surface area contributed by atoms with E-state index >= 15 is 0 Å². The van der Waals surface area contributed by atoms with Gasteiger partial charge in [0.05, 0.1) is 11.7 Å². The number of thiocarbonyl (C=S) groups is 1. The number of pyridine rings is 1. The van der Waals surface area contributed by atoms with Crippen molar-refractivity contribution in [2.45, 2.75) is 32.7 Å². The van der Waals surface area contributed by atoms with E-state index in [1.165, 1.54) is 12.8 Å². The Balaban J connectivity index is 1.77. The summed E-state index contributed by atoms with van der Waals surface area (Å²) in [6, 6.07) is 6.04. The van der Waals surface area contributed by atoms with Crippen LogP contribution in [0.25, 0.3) is 0 Å². The average molecular weight is 278 g/mol. The molecular formula is C14H22N4S. The molecule has 4 nitrogen and oxygen atoms in total. The fourth-order valence-corrected chi connectivity index (χ4v) is 2.41. The second-order valence-corrected chi connectivity index (χ2v) is 5.61. The molecule has 0 aliphatic carbocycles. The molecule has 0 aromatic carbocycles. The van der Waals surface area contributed by atoms with Crippen LogP contribution < -0.4 is 10.9 Å². The lowest BCUT2D eigenvalue weighted by molar-refractivity contribution is 0.274. The molecule has 1 aromatic heterocycles. The Morgan fingerprint density at radius 1 is 1.42 bits per heavy atom. The second kappa shape index (κ2) is 6.82. The van der Waals surface area contributed by atoms with Crippen molar-refractivity contribution < 1.29 is 0 Å². The standard InChI is InChI=1S/C14H22N4S/c1-11-6-9-18(10-7-11)14(19)17-16-12(2)13-5-3-4-8-15-13/h3-5,8,11-12,16H,6-7,9-10H2,1-2H3,(H,17,19)/t12-/m1/s1. The predicted molar refractivity (Wildman–Crippen MR) is 81.5 cm³/mol. The number of aromatic nitrogens is 1. The minimum Gasteiger partial charge on any atom is -0.348 e. The first-order chi connectivity index (χ1) is 9.16. The molecule has 0 unspecified atom stereocenters. The lowest BCUT2D eigenvalue weighted by Gasteiger charge is -2.32. The van der Waals surface area contributed by atoms with E-state index < -0.39 is 0 Å². The van der Waals surface area contributed by atoms with Gasteiger partial charge in [0.15, 0.2) is 5.11 Å². The summed E-state index contributed by atoms with van der Waals surface area (Å²) < 4.78 is 0. The number of hydrazine groups is 1. The molecule has 1 saturated heterocycles. The summed E-state index contributed by atoms with van der Waals surface area (Å²) in [4.78, 5) is 6.55. The molecule has 1 aromatic rings. The Hall–Kier alpha value is -1.20. The van der Waals surface area contributed by atoms with Crippen molar-refractivity contribution in [2.24, 2.45) is 5.92 Å². The van der Waals surface area contributed by atoms with Crippen molar-refractivity contribution in [1.82, 2.24) is 20.7 Å². The lowest BCUT2D eigenvalue weighted by atomic mass is 10.00. The third-order valence-corrected chi connectivity index (χ3v) is 3.96. The van der Waals surface area contributed by atoms with Gasteiger partial charge in [-0.25, -0.2) is 5.43 Å². The first kappa shape index (κ1) is 14.2. The van der Waals surface area contributed by atoms with Gasteiger partial charge in [0, 0.05) is 19.3 Å². The monoisotopic (exact) mass is 278 g/mol. The Morgan fingerprint density at radius 3 is 2.79 bits per heavy atom. The largest absolute Gasteiger partial charge is 0.348 e. The maximum atomic E-state index is 5.41. The first-order valence-corrected chi connectivity index (χ1v) is 7.29. The molecule has 0 saturated carbocycles.